The largest absolute Gasteiger partial charge is 0.465 e. The van der Waals surface area contributed by atoms with E-state index in [0.29, 0.717) is 22.0 Å². The van der Waals surface area contributed by atoms with Crippen molar-refractivity contribution < 1.29 is 14.3 Å². The van der Waals surface area contributed by atoms with Crippen molar-refractivity contribution in [1.29, 1.82) is 0 Å². The van der Waals surface area contributed by atoms with E-state index in [1.54, 1.807) is 0 Å². The number of benzene rings is 2. The minimum atomic E-state index is -0.401. The molecule has 0 saturated carbocycles. The number of hydrogen-bond donors (Lipinski definition) is 1. The summed E-state index contributed by atoms with van der Waals surface area (Å²) < 4.78 is 5.15. The topological polar surface area (TPSA) is 68.3 Å². The standard InChI is InChI=1S/C31H32N2O3S/c1-18-10-6-7-11-20(18)25-17-23(21-12-8-9-13-24(21)32-25)28(34)33-29-27(30(35)36-5)22-15-14-19(31(2,3)4)16-26(22)37-29/h6-13,17,19H,14-16H2,1-5H3,(H,33,34). The number of fused-ring (bicyclic) bond motifs is 2. The lowest BCUT2D eigenvalue weighted by molar-refractivity contribution is 0.0600. The maximum absolute atomic E-state index is 13.8. The summed E-state index contributed by atoms with van der Waals surface area (Å²) in [5.41, 5.74) is 5.79. The smallest absolute Gasteiger partial charge is 0.341 e. The zero-order chi connectivity index (χ0) is 26.3. The first-order valence-corrected chi connectivity index (χ1v) is 13.5. The SMILES string of the molecule is COC(=O)c1c(NC(=O)c2cc(-c3ccccc3C)nc3ccccc23)sc2c1CCC(C(C)(C)C)C2. The van der Waals surface area contributed by atoms with Gasteiger partial charge in [0.1, 0.15) is 5.00 Å². The summed E-state index contributed by atoms with van der Waals surface area (Å²) in [5, 5.41) is 4.42. The minimum absolute atomic E-state index is 0.179. The number of rotatable bonds is 4. The molecule has 1 N–H and O–H groups in total. The molecule has 1 aliphatic carbocycles. The highest BCUT2D eigenvalue weighted by atomic mass is 32.1. The van der Waals surface area contributed by atoms with Gasteiger partial charge in [0.15, 0.2) is 0 Å². The van der Waals surface area contributed by atoms with E-state index in [0.717, 1.165) is 52.5 Å². The van der Waals surface area contributed by atoms with Gasteiger partial charge in [0.05, 0.1) is 29.4 Å². The van der Waals surface area contributed by atoms with E-state index >= 15 is 0 Å². The number of anilines is 1. The fraction of sp³-hybridized carbons (Fsp3) is 0.323. The first kappa shape index (κ1) is 25.2. The van der Waals surface area contributed by atoms with Gasteiger partial charge in [-0.05, 0) is 60.8 Å². The molecule has 5 rings (SSSR count). The van der Waals surface area contributed by atoms with Gasteiger partial charge in [0, 0.05) is 15.8 Å². The van der Waals surface area contributed by atoms with Crippen molar-refractivity contribution in [3.8, 4) is 11.3 Å². The van der Waals surface area contributed by atoms with Crippen molar-refractivity contribution in [2.75, 3.05) is 12.4 Å². The number of nitrogens with zero attached hydrogens (tertiary/aromatic N) is 1. The number of hydrogen-bond acceptors (Lipinski definition) is 5. The predicted molar refractivity (Wildman–Crippen MR) is 150 cm³/mol. The number of aryl methyl sites for hydroxylation is 1. The van der Waals surface area contributed by atoms with E-state index < -0.39 is 5.97 Å². The number of aromatic nitrogens is 1. The van der Waals surface area contributed by atoms with Crippen LogP contribution < -0.4 is 5.32 Å². The Bertz CT molecular complexity index is 1510. The lowest BCUT2D eigenvalue weighted by Crippen LogP contribution is -2.26. The van der Waals surface area contributed by atoms with Crippen LogP contribution in [-0.4, -0.2) is 24.0 Å². The van der Waals surface area contributed by atoms with Gasteiger partial charge in [-0.1, -0.05) is 63.2 Å². The van der Waals surface area contributed by atoms with Crippen LogP contribution in [-0.2, 0) is 17.6 Å². The number of para-hydroxylation sites is 1. The van der Waals surface area contributed by atoms with Crippen LogP contribution in [0.5, 0.6) is 0 Å². The van der Waals surface area contributed by atoms with E-state index in [9.17, 15) is 9.59 Å². The Labute approximate surface area is 221 Å². The second-order valence-electron chi connectivity index (χ2n) is 10.8. The van der Waals surface area contributed by atoms with Crippen molar-refractivity contribution in [2.45, 2.75) is 47.0 Å². The molecule has 0 fully saturated rings. The summed E-state index contributed by atoms with van der Waals surface area (Å²) in [4.78, 5) is 32.7. The summed E-state index contributed by atoms with van der Waals surface area (Å²) in [6.07, 6.45) is 2.72. The molecule has 2 heterocycles. The first-order chi connectivity index (χ1) is 17.7. The van der Waals surface area contributed by atoms with E-state index in [-0.39, 0.29) is 11.3 Å². The van der Waals surface area contributed by atoms with Crippen molar-refractivity contribution in [3.63, 3.8) is 0 Å². The van der Waals surface area contributed by atoms with Gasteiger partial charge in [-0.25, -0.2) is 9.78 Å². The number of nitrogens with one attached hydrogen (secondary N) is 1. The molecule has 37 heavy (non-hydrogen) atoms. The molecule has 2 aromatic heterocycles. The molecule has 4 aromatic rings. The summed E-state index contributed by atoms with van der Waals surface area (Å²) in [6, 6.07) is 17.5. The summed E-state index contributed by atoms with van der Waals surface area (Å²) in [5.74, 6) is -0.139. The molecule has 1 unspecified atom stereocenters. The third-order valence-corrected chi connectivity index (χ3v) is 8.66. The van der Waals surface area contributed by atoms with Gasteiger partial charge >= 0.3 is 5.97 Å². The summed E-state index contributed by atoms with van der Waals surface area (Å²) >= 11 is 1.51. The van der Waals surface area contributed by atoms with Crippen LogP contribution in [0.4, 0.5) is 5.00 Å². The van der Waals surface area contributed by atoms with E-state index in [1.165, 1.54) is 23.3 Å². The van der Waals surface area contributed by atoms with Crippen LogP contribution in [0.1, 0.15) is 63.9 Å². The fourth-order valence-corrected chi connectivity index (χ4v) is 6.57. The molecular weight excluding hydrogens is 480 g/mol. The van der Waals surface area contributed by atoms with E-state index in [2.05, 4.69) is 26.1 Å². The van der Waals surface area contributed by atoms with Crippen LogP contribution in [0.2, 0.25) is 0 Å². The maximum atomic E-state index is 13.8. The van der Waals surface area contributed by atoms with Crippen LogP contribution in [0.25, 0.3) is 22.2 Å². The van der Waals surface area contributed by atoms with Gasteiger partial charge in [-0.3, -0.25) is 4.79 Å². The average molecular weight is 513 g/mol. The lowest BCUT2D eigenvalue weighted by atomic mass is 9.72. The molecule has 0 bridgehead atoms. The Kier molecular flexibility index (Phi) is 6.63. The molecule has 0 spiro atoms. The van der Waals surface area contributed by atoms with E-state index in [4.69, 9.17) is 9.72 Å². The van der Waals surface area contributed by atoms with Gasteiger partial charge in [0.25, 0.3) is 5.91 Å². The monoisotopic (exact) mass is 512 g/mol. The highest BCUT2D eigenvalue weighted by Gasteiger charge is 2.34. The first-order valence-electron chi connectivity index (χ1n) is 12.7. The zero-order valence-corrected chi connectivity index (χ0v) is 22.8. The van der Waals surface area contributed by atoms with Crippen LogP contribution in [0.3, 0.4) is 0 Å². The molecule has 5 nitrogen and oxygen atoms in total. The molecule has 1 amide bonds. The lowest BCUT2D eigenvalue weighted by Gasteiger charge is -2.33. The van der Waals surface area contributed by atoms with Crippen molar-refractivity contribution in [1.82, 2.24) is 4.98 Å². The normalized spacial score (nSPS) is 15.3. The molecule has 6 heteroatoms. The summed E-state index contributed by atoms with van der Waals surface area (Å²) in [6.45, 7) is 8.83. The minimum Gasteiger partial charge on any atom is -0.465 e. The summed E-state index contributed by atoms with van der Waals surface area (Å²) in [7, 11) is 1.39. The number of methoxy groups -OCH3 is 1. The third kappa shape index (κ3) is 4.78. The molecule has 1 aliphatic rings. The molecule has 0 saturated heterocycles. The predicted octanol–water partition coefficient (Wildman–Crippen LogP) is 7.46. The highest BCUT2D eigenvalue weighted by molar-refractivity contribution is 7.17. The van der Waals surface area contributed by atoms with Gasteiger partial charge in [0.2, 0.25) is 0 Å². The number of pyridine rings is 1. The van der Waals surface area contributed by atoms with Gasteiger partial charge in [-0.2, -0.15) is 0 Å². The fourth-order valence-electron chi connectivity index (χ4n) is 5.26. The van der Waals surface area contributed by atoms with Crippen LogP contribution in [0, 0.1) is 18.3 Å². The molecule has 0 radical (unpaired) electrons. The molecular formula is C31H32N2O3S. The third-order valence-electron chi connectivity index (χ3n) is 7.49. The van der Waals surface area contributed by atoms with Crippen LogP contribution in [0.15, 0.2) is 54.6 Å². The van der Waals surface area contributed by atoms with Gasteiger partial charge < -0.3 is 10.1 Å². The second kappa shape index (κ2) is 9.75. The molecule has 2 aromatic carbocycles. The number of esters is 1. The zero-order valence-electron chi connectivity index (χ0n) is 22.0. The second-order valence-corrected chi connectivity index (χ2v) is 12.0. The number of amides is 1. The number of carbonyl (C=O) groups excluding carboxylic acids is 2. The maximum Gasteiger partial charge on any atom is 0.341 e. The quantitative estimate of drug-likeness (QED) is 0.288. The van der Waals surface area contributed by atoms with Crippen molar-refractivity contribution in [3.05, 3.63) is 81.7 Å². The molecule has 1 atom stereocenters. The number of ether oxygens (including phenoxy) is 1. The molecule has 0 aliphatic heterocycles. The number of thiophene rings is 1. The van der Waals surface area contributed by atoms with Crippen LogP contribution >= 0.6 is 11.3 Å². The Morgan fingerprint density at radius 1 is 1.08 bits per heavy atom. The Morgan fingerprint density at radius 3 is 2.54 bits per heavy atom. The average Bonchev–Trinajstić information content (AvgIpc) is 3.24. The Morgan fingerprint density at radius 2 is 1.81 bits per heavy atom. The number of carbonyl (C=O) groups is 2. The Balaban J connectivity index is 1.57. The van der Waals surface area contributed by atoms with Crippen molar-refractivity contribution in [2.24, 2.45) is 11.3 Å². The Hall–Kier alpha value is -3.51. The highest BCUT2D eigenvalue weighted by Crippen LogP contribution is 2.44. The van der Waals surface area contributed by atoms with Crippen molar-refractivity contribution >= 4 is 39.1 Å². The van der Waals surface area contributed by atoms with E-state index in [1.807, 2.05) is 61.5 Å². The molecule has 190 valence electrons. The van der Waals surface area contributed by atoms with Gasteiger partial charge in [-0.15, -0.1) is 11.3 Å².